The van der Waals surface area contributed by atoms with Crippen LogP contribution in [0.25, 0.3) is 5.57 Å². The predicted molar refractivity (Wildman–Crippen MR) is 147 cm³/mol. The zero-order valence-corrected chi connectivity index (χ0v) is 23.4. The molecule has 7 heteroatoms. The van der Waals surface area contributed by atoms with E-state index in [9.17, 15) is 9.59 Å². The maximum Gasteiger partial charge on any atom is 0.408 e. The summed E-state index contributed by atoms with van der Waals surface area (Å²) in [5.41, 5.74) is 4.82. The normalized spacial score (nSPS) is 33.3. The fourth-order valence-corrected chi connectivity index (χ4v) is 7.78. The number of nitrogens with zero attached hydrogens (tertiary/aromatic N) is 2. The molecule has 1 N–H and O–H groups in total. The third kappa shape index (κ3) is 5.04. The Morgan fingerprint density at radius 1 is 1.13 bits per heavy atom. The second-order valence-corrected chi connectivity index (χ2v) is 13.0. The maximum atomic E-state index is 12.1. The van der Waals surface area contributed by atoms with Gasteiger partial charge in [-0.05, 0) is 118 Å². The minimum Gasteiger partial charge on any atom is -0.444 e. The SMILES string of the molecule is CC(C)(C)OC(=O)NCC(=O)ON=C1C=C2CC[C@H]3[C@H](CC[C@]4(C)C(c5cccnc5)=CC[C@@H]34)[C@@]2(C)CC1. The Bertz CT molecular complexity index is 1180. The van der Waals surface area contributed by atoms with Crippen LogP contribution in [-0.4, -0.2) is 34.9 Å². The van der Waals surface area contributed by atoms with Crippen LogP contribution in [0.2, 0.25) is 0 Å². The molecule has 1 aromatic heterocycles. The van der Waals surface area contributed by atoms with Gasteiger partial charge in [-0.1, -0.05) is 36.7 Å². The molecule has 1 amide bonds. The Morgan fingerprint density at radius 3 is 2.68 bits per heavy atom. The highest BCUT2D eigenvalue weighted by Gasteiger charge is 2.57. The van der Waals surface area contributed by atoms with Gasteiger partial charge in [0.05, 0.1) is 5.71 Å². The third-order valence-electron chi connectivity index (χ3n) is 9.57. The minimum absolute atomic E-state index is 0.169. The summed E-state index contributed by atoms with van der Waals surface area (Å²) in [7, 11) is 0. The highest BCUT2D eigenvalue weighted by Crippen LogP contribution is 2.66. The van der Waals surface area contributed by atoms with Crippen LogP contribution >= 0.6 is 0 Å². The molecule has 0 aromatic carbocycles. The number of pyridine rings is 1. The highest BCUT2D eigenvalue weighted by molar-refractivity contribution is 5.96. The van der Waals surface area contributed by atoms with Crippen molar-refractivity contribution in [2.45, 2.75) is 85.2 Å². The Labute approximate surface area is 226 Å². The largest absolute Gasteiger partial charge is 0.444 e. The first-order chi connectivity index (χ1) is 18.0. The summed E-state index contributed by atoms with van der Waals surface area (Å²) in [4.78, 5) is 33.4. The predicted octanol–water partition coefficient (Wildman–Crippen LogP) is 6.46. The van der Waals surface area contributed by atoms with Gasteiger partial charge in [-0.25, -0.2) is 9.59 Å². The maximum absolute atomic E-state index is 12.1. The summed E-state index contributed by atoms with van der Waals surface area (Å²) in [6.45, 7) is 9.97. The lowest BCUT2D eigenvalue weighted by atomic mass is 9.46. The third-order valence-corrected chi connectivity index (χ3v) is 9.57. The van der Waals surface area contributed by atoms with Crippen LogP contribution in [0, 0.1) is 28.6 Å². The summed E-state index contributed by atoms with van der Waals surface area (Å²) >= 11 is 0. The average Bonchev–Trinajstić information content (AvgIpc) is 3.23. The number of ether oxygens (including phenoxy) is 1. The second-order valence-electron chi connectivity index (χ2n) is 13.0. The van der Waals surface area contributed by atoms with Crippen molar-refractivity contribution in [2.75, 3.05) is 6.54 Å². The van der Waals surface area contributed by atoms with Crippen molar-refractivity contribution in [3.63, 3.8) is 0 Å². The Kier molecular flexibility index (Phi) is 6.99. The number of hydrogen-bond acceptors (Lipinski definition) is 6. The van der Waals surface area contributed by atoms with E-state index in [4.69, 9.17) is 9.57 Å². The van der Waals surface area contributed by atoms with Crippen molar-refractivity contribution in [2.24, 2.45) is 33.7 Å². The standard InChI is InChI=1S/C31H41N3O4/c1-29(2,3)37-28(36)33-19-27(35)38-34-22-12-14-30(4)21(17-22)8-9-23-25-11-10-24(20-7-6-16-32-18-20)31(25,5)15-13-26(23)30/h6-7,10,16-18,23,25-26H,8-9,11-15,19H2,1-5H3,(H,33,36)/t23-,25+,26+,30+,31-/m1/s1. The number of allylic oxidation sites excluding steroid dienone is 4. The number of rotatable bonds is 4. The topological polar surface area (TPSA) is 89.9 Å². The van der Waals surface area contributed by atoms with Crippen molar-refractivity contribution in [3.8, 4) is 0 Å². The van der Waals surface area contributed by atoms with Crippen LogP contribution in [0.5, 0.6) is 0 Å². The molecule has 0 spiro atoms. The van der Waals surface area contributed by atoms with E-state index in [1.54, 1.807) is 20.8 Å². The fourth-order valence-electron chi connectivity index (χ4n) is 7.78. The monoisotopic (exact) mass is 519 g/mol. The molecule has 2 fully saturated rings. The van der Waals surface area contributed by atoms with Crippen LogP contribution in [0.1, 0.15) is 85.1 Å². The molecule has 1 heterocycles. The van der Waals surface area contributed by atoms with Gasteiger partial charge in [-0.15, -0.1) is 0 Å². The van der Waals surface area contributed by atoms with Gasteiger partial charge < -0.3 is 14.9 Å². The molecule has 204 valence electrons. The summed E-state index contributed by atoms with van der Waals surface area (Å²) in [6.07, 6.45) is 15.6. The van der Waals surface area contributed by atoms with E-state index in [-0.39, 0.29) is 17.4 Å². The number of alkyl carbamates (subject to hydrolysis) is 1. The number of amides is 1. The van der Waals surface area contributed by atoms with Gasteiger partial charge in [0.1, 0.15) is 12.1 Å². The van der Waals surface area contributed by atoms with Crippen LogP contribution in [0.15, 0.2) is 47.4 Å². The molecule has 0 aliphatic heterocycles. The molecule has 4 aliphatic rings. The smallest absolute Gasteiger partial charge is 0.408 e. The molecule has 38 heavy (non-hydrogen) atoms. The van der Waals surface area contributed by atoms with Crippen molar-refractivity contribution < 1.29 is 19.2 Å². The summed E-state index contributed by atoms with van der Waals surface area (Å²) in [5, 5.41) is 6.57. The van der Waals surface area contributed by atoms with Gasteiger partial charge in [-0.3, -0.25) is 4.98 Å². The van der Waals surface area contributed by atoms with Crippen molar-refractivity contribution in [1.82, 2.24) is 10.3 Å². The van der Waals surface area contributed by atoms with Crippen molar-refractivity contribution in [3.05, 3.63) is 47.8 Å². The lowest BCUT2D eigenvalue weighted by Crippen LogP contribution is -2.49. The molecule has 0 unspecified atom stereocenters. The highest BCUT2D eigenvalue weighted by atomic mass is 16.7. The molecule has 0 saturated heterocycles. The first-order valence-electron chi connectivity index (χ1n) is 14.1. The van der Waals surface area contributed by atoms with Gasteiger partial charge >= 0.3 is 12.1 Å². The number of fused-ring (bicyclic) bond motifs is 5. The Balaban J connectivity index is 1.23. The zero-order chi connectivity index (χ0) is 27.1. The van der Waals surface area contributed by atoms with Crippen molar-refractivity contribution >= 4 is 23.3 Å². The summed E-state index contributed by atoms with van der Waals surface area (Å²) in [6, 6.07) is 4.26. The van der Waals surface area contributed by atoms with Gasteiger partial charge in [-0.2, -0.15) is 0 Å². The number of carbonyl (C=O) groups is 2. The molecule has 0 radical (unpaired) electrons. The number of oxime groups is 1. The molecular weight excluding hydrogens is 478 g/mol. The van der Waals surface area contributed by atoms with E-state index in [1.165, 1.54) is 36.0 Å². The van der Waals surface area contributed by atoms with E-state index in [1.807, 2.05) is 18.5 Å². The molecule has 4 aliphatic carbocycles. The Morgan fingerprint density at radius 2 is 1.95 bits per heavy atom. The van der Waals surface area contributed by atoms with E-state index < -0.39 is 17.7 Å². The van der Waals surface area contributed by atoms with E-state index in [0.29, 0.717) is 11.8 Å². The molecule has 0 bridgehead atoms. The van der Waals surface area contributed by atoms with Gasteiger partial charge in [0.2, 0.25) is 0 Å². The fraction of sp³-hybridized carbons (Fsp3) is 0.613. The zero-order valence-electron chi connectivity index (χ0n) is 23.4. The molecule has 7 nitrogen and oxygen atoms in total. The quantitative estimate of drug-likeness (QED) is 0.364. The lowest BCUT2D eigenvalue weighted by Gasteiger charge is -2.58. The van der Waals surface area contributed by atoms with Crippen LogP contribution in [0.4, 0.5) is 4.79 Å². The number of carbonyl (C=O) groups excluding carboxylic acids is 2. The first kappa shape index (κ1) is 26.6. The summed E-state index contributed by atoms with van der Waals surface area (Å²) < 4.78 is 5.15. The van der Waals surface area contributed by atoms with Gasteiger partial charge in [0.15, 0.2) is 0 Å². The van der Waals surface area contributed by atoms with Crippen LogP contribution < -0.4 is 5.32 Å². The minimum atomic E-state index is -0.650. The molecular formula is C31H41N3O4. The van der Waals surface area contributed by atoms with Crippen molar-refractivity contribution in [1.29, 1.82) is 0 Å². The number of aromatic nitrogens is 1. The van der Waals surface area contributed by atoms with Gasteiger partial charge in [0.25, 0.3) is 0 Å². The molecule has 5 atom stereocenters. The average molecular weight is 520 g/mol. The molecule has 1 aromatic rings. The molecule has 2 saturated carbocycles. The van der Waals surface area contributed by atoms with Crippen LogP contribution in [0.3, 0.4) is 0 Å². The molecule has 5 rings (SSSR count). The van der Waals surface area contributed by atoms with E-state index in [2.05, 4.69) is 47.5 Å². The summed E-state index contributed by atoms with van der Waals surface area (Å²) in [5.74, 6) is 1.47. The lowest BCUT2D eigenvalue weighted by molar-refractivity contribution is -0.142. The number of nitrogens with one attached hydrogen (secondary N) is 1. The first-order valence-corrected chi connectivity index (χ1v) is 14.1. The second kappa shape index (κ2) is 9.97. The Hall–Kier alpha value is -2.96. The van der Waals surface area contributed by atoms with E-state index >= 15 is 0 Å². The number of hydrogen-bond donors (Lipinski definition) is 1. The van der Waals surface area contributed by atoms with Gasteiger partial charge in [0, 0.05) is 12.4 Å². The van der Waals surface area contributed by atoms with Crippen LogP contribution in [-0.2, 0) is 14.4 Å². The van der Waals surface area contributed by atoms with E-state index in [0.717, 1.165) is 37.3 Å².